The highest BCUT2D eigenvalue weighted by atomic mass is 15.2. The van der Waals surface area contributed by atoms with Crippen molar-refractivity contribution in [2.75, 3.05) is 5.32 Å². The summed E-state index contributed by atoms with van der Waals surface area (Å²) in [5.41, 5.74) is 4.87. The number of nitrogens with one attached hydrogen (secondary N) is 1. The van der Waals surface area contributed by atoms with Gasteiger partial charge in [0, 0.05) is 31.0 Å². The Hall–Kier alpha value is -1.77. The van der Waals surface area contributed by atoms with Crippen LogP contribution in [0.5, 0.6) is 0 Å². The Morgan fingerprint density at radius 3 is 2.72 bits per heavy atom. The summed E-state index contributed by atoms with van der Waals surface area (Å²) in [5, 5.41) is 7.80. The van der Waals surface area contributed by atoms with Crippen LogP contribution in [0.3, 0.4) is 0 Å². The lowest BCUT2D eigenvalue weighted by atomic mass is 10.0. The first-order valence-corrected chi connectivity index (χ1v) is 6.39. The summed E-state index contributed by atoms with van der Waals surface area (Å²) in [4.78, 5) is 0. The van der Waals surface area contributed by atoms with Gasteiger partial charge in [0.2, 0.25) is 0 Å². The Kier molecular flexibility index (Phi) is 3.70. The predicted molar refractivity (Wildman–Crippen MR) is 75.8 cm³/mol. The molecular weight excluding hydrogens is 222 g/mol. The van der Waals surface area contributed by atoms with Crippen molar-refractivity contribution in [2.45, 2.75) is 33.2 Å². The van der Waals surface area contributed by atoms with E-state index in [1.54, 1.807) is 0 Å². The van der Waals surface area contributed by atoms with Crippen molar-refractivity contribution < 1.29 is 0 Å². The fourth-order valence-corrected chi connectivity index (χ4v) is 2.03. The Morgan fingerprint density at radius 1 is 1.33 bits per heavy atom. The van der Waals surface area contributed by atoms with Crippen molar-refractivity contribution in [3.63, 3.8) is 0 Å². The Bertz CT molecular complexity index is 526. The molecule has 0 fully saturated rings. The van der Waals surface area contributed by atoms with Crippen LogP contribution in [0.25, 0.3) is 0 Å². The van der Waals surface area contributed by atoms with Crippen molar-refractivity contribution >= 4 is 5.69 Å². The summed E-state index contributed by atoms with van der Waals surface area (Å²) in [6.45, 7) is 7.29. The molecule has 1 aromatic carbocycles. The van der Waals surface area contributed by atoms with Crippen molar-refractivity contribution in [1.29, 1.82) is 0 Å². The molecule has 0 saturated carbocycles. The number of hydrogen-bond acceptors (Lipinski definition) is 2. The van der Waals surface area contributed by atoms with Crippen LogP contribution >= 0.6 is 0 Å². The van der Waals surface area contributed by atoms with Crippen LogP contribution in [0, 0.1) is 6.92 Å². The Labute approximate surface area is 109 Å². The molecule has 0 unspecified atom stereocenters. The molecule has 1 aromatic heterocycles. The van der Waals surface area contributed by atoms with Gasteiger partial charge in [-0.3, -0.25) is 4.68 Å². The van der Waals surface area contributed by atoms with Crippen molar-refractivity contribution in [2.24, 2.45) is 7.05 Å². The molecule has 1 N–H and O–H groups in total. The third-order valence-corrected chi connectivity index (χ3v) is 3.15. The van der Waals surface area contributed by atoms with Gasteiger partial charge in [-0.15, -0.1) is 0 Å². The number of hydrogen-bond donors (Lipinski definition) is 1. The summed E-state index contributed by atoms with van der Waals surface area (Å²) >= 11 is 0. The highest BCUT2D eigenvalue weighted by Gasteiger charge is 2.04. The van der Waals surface area contributed by atoms with Crippen LogP contribution < -0.4 is 5.32 Å². The molecule has 0 aliphatic carbocycles. The first-order valence-electron chi connectivity index (χ1n) is 6.39. The van der Waals surface area contributed by atoms with Crippen LogP contribution in [0.15, 0.2) is 30.5 Å². The second-order valence-electron chi connectivity index (χ2n) is 5.05. The van der Waals surface area contributed by atoms with Gasteiger partial charge in [-0.2, -0.15) is 5.10 Å². The van der Waals surface area contributed by atoms with Crippen LogP contribution in [0.2, 0.25) is 0 Å². The Morgan fingerprint density at radius 2 is 2.11 bits per heavy atom. The fourth-order valence-electron chi connectivity index (χ4n) is 2.03. The summed E-state index contributed by atoms with van der Waals surface area (Å²) in [6, 6.07) is 8.60. The molecule has 3 nitrogen and oxygen atoms in total. The van der Waals surface area contributed by atoms with Crippen molar-refractivity contribution in [3.8, 4) is 0 Å². The minimum Gasteiger partial charge on any atom is -0.381 e. The molecule has 0 saturated heterocycles. The molecule has 0 atom stereocenters. The normalized spacial score (nSPS) is 10.9. The maximum Gasteiger partial charge on any atom is 0.0643 e. The quantitative estimate of drug-likeness (QED) is 0.891. The zero-order valence-corrected chi connectivity index (χ0v) is 11.6. The largest absolute Gasteiger partial charge is 0.381 e. The average molecular weight is 243 g/mol. The highest BCUT2D eigenvalue weighted by molar-refractivity contribution is 5.47. The van der Waals surface area contributed by atoms with Gasteiger partial charge >= 0.3 is 0 Å². The van der Waals surface area contributed by atoms with Gasteiger partial charge < -0.3 is 5.32 Å². The summed E-state index contributed by atoms with van der Waals surface area (Å²) in [5.74, 6) is 0.562. The van der Waals surface area contributed by atoms with E-state index in [4.69, 9.17) is 0 Å². The lowest BCUT2D eigenvalue weighted by molar-refractivity contribution is 0.756. The number of rotatable bonds is 4. The van der Waals surface area contributed by atoms with E-state index < -0.39 is 0 Å². The van der Waals surface area contributed by atoms with Crippen LogP contribution in [-0.2, 0) is 13.6 Å². The van der Waals surface area contributed by atoms with Gasteiger partial charge in [-0.1, -0.05) is 26.0 Å². The van der Waals surface area contributed by atoms with Crippen LogP contribution in [-0.4, -0.2) is 9.78 Å². The number of nitrogens with zero attached hydrogens (tertiary/aromatic N) is 2. The number of anilines is 1. The molecule has 1 heterocycles. The van der Waals surface area contributed by atoms with E-state index in [0.29, 0.717) is 5.92 Å². The number of benzene rings is 1. The second kappa shape index (κ2) is 5.25. The molecule has 18 heavy (non-hydrogen) atoms. The first-order chi connectivity index (χ1) is 8.56. The fraction of sp³-hybridized carbons (Fsp3) is 0.400. The second-order valence-corrected chi connectivity index (χ2v) is 5.05. The third kappa shape index (κ3) is 2.92. The van der Waals surface area contributed by atoms with E-state index >= 15 is 0 Å². The average Bonchev–Trinajstić information content (AvgIpc) is 2.65. The van der Waals surface area contributed by atoms with Gasteiger partial charge in [0.1, 0.15) is 0 Å². The molecule has 0 aliphatic heterocycles. The molecule has 0 aliphatic rings. The van der Waals surface area contributed by atoms with Crippen LogP contribution in [0.4, 0.5) is 5.69 Å². The van der Waals surface area contributed by atoms with Gasteiger partial charge in [-0.05, 0) is 30.5 Å². The van der Waals surface area contributed by atoms with E-state index in [-0.39, 0.29) is 0 Å². The molecular formula is C15H21N3. The highest BCUT2D eigenvalue weighted by Crippen LogP contribution is 2.19. The van der Waals surface area contributed by atoms with Gasteiger partial charge in [0.25, 0.3) is 0 Å². The molecule has 2 aromatic rings. The molecule has 96 valence electrons. The number of aromatic nitrogens is 2. The van der Waals surface area contributed by atoms with Gasteiger partial charge in [0.15, 0.2) is 0 Å². The summed E-state index contributed by atoms with van der Waals surface area (Å²) < 4.78 is 1.86. The van der Waals surface area contributed by atoms with Gasteiger partial charge in [0.05, 0.1) is 5.69 Å². The third-order valence-electron chi connectivity index (χ3n) is 3.15. The zero-order chi connectivity index (χ0) is 13.1. The standard InChI is InChI=1S/C15H21N3/c1-11(2)13-6-5-7-15(8-13)16-9-14-10-18(4)17-12(14)3/h5-8,10-11,16H,9H2,1-4H3. The lowest BCUT2D eigenvalue weighted by Crippen LogP contribution is -2.00. The monoisotopic (exact) mass is 243 g/mol. The molecule has 0 spiro atoms. The Balaban J connectivity index is 2.06. The van der Waals surface area contributed by atoms with Crippen molar-refractivity contribution in [3.05, 3.63) is 47.3 Å². The van der Waals surface area contributed by atoms with E-state index in [1.807, 2.05) is 18.7 Å². The molecule has 0 amide bonds. The summed E-state index contributed by atoms with van der Waals surface area (Å²) in [6.07, 6.45) is 2.06. The summed E-state index contributed by atoms with van der Waals surface area (Å²) in [7, 11) is 1.95. The smallest absolute Gasteiger partial charge is 0.0643 e. The maximum absolute atomic E-state index is 4.35. The van der Waals surface area contributed by atoms with Gasteiger partial charge in [-0.25, -0.2) is 0 Å². The zero-order valence-electron chi connectivity index (χ0n) is 11.6. The van der Waals surface area contributed by atoms with Crippen molar-refractivity contribution in [1.82, 2.24) is 9.78 Å². The molecule has 3 heteroatoms. The molecule has 0 bridgehead atoms. The van der Waals surface area contributed by atoms with E-state index in [1.165, 1.54) is 16.8 Å². The van der Waals surface area contributed by atoms with E-state index in [9.17, 15) is 0 Å². The predicted octanol–water partition coefficient (Wildman–Crippen LogP) is 3.46. The molecule has 0 radical (unpaired) electrons. The van der Waals surface area contributed by atoms with E-state index in [2.05, 4.69) is 54.7 Å². The maximum atomic E-state index is 4.35. The minimum atomic E-state index is 0.562. The lowest BCUT2D eigenvalue weighted by Gasteiger charge is -2.10. The molecule has 2 rings (SSSR count). The topological polar surface area (TPSA) is 29.9 Å². The van der Waals surface area contributed by atoms with E-state index in [0.717, 1.165) is 12.2 Å². The van der Waals surface area contributed by atoms with Crippen LogP contribution in [0.1, 0.15) is 36.6 Å². The minimum absolute atomic E-state index is 0.562. The first kappa shape index (κ1) is 12.7. The SMILES string of the molecule is Cc1nn(C)cc1CNc1cccc(C(C)C)c1. The number of aryl methyl sites for hydroxylation is 2.